The van der Waals surface area contributed by atoms with Gasteiger partial charge in [0, 0.05) is 0 Å². The van der Waals surface area contributed by atoms with Crippen LogP contribution in [0.2, 0.25) is 0 Å². The fourth-order valence-corrected chi connectivity index (χ4v) is 5.35. The van der Waals surface area contributed by atoms with Crippen LogP contribution in [-0.4, -0.2) is 0 Å². The third kappa shape index (κ3) is 1.85. The summed E-state index contributed by atoms with van der Waals surface area (Å²) in [5.41, 5.74) is 11.8. The fraction of sp³-hybridized carbons (Fsp3) is 0.0714. The Kier molecular flexibility index (Phi) is 2.67. The maximum Gasteiger partial charge on any atom is -0.00102 e. The van der Waals surface area contributed by atoms with Crippen LogP contribution < -0.4 is 0 Å². The van der Waals surface area contributed by atoms with E-state index in [9.17, 15) is 0 Å². The highest BCUT2D eigenvalue weighted by Crippen LogP contribution is 2.47. The molecular weight excluding hydrogens is 336 g/mol. The molecule has 0 aliphatic heterocycles. The van der Waals surface area contributed by atoms with Gasteiger partial charge in [0.2, 0.25) is 0 Å². The summed E-state index contributed by atoms with van der Waals surface area (Å²) in [6, 6.07) is 31.7. The monoisotopic (exact) mass is 354 g/mol. The van der Waals surface area contributed by atoms with Gasteiger partial charge >= 0.3 is 0 Å². The first-order valence-corrected chi connectivity index (χ1v) is 10.0. The van der Waals surface area contributed by atoms with Gasteiger partial charge < -0.3 is 0 Å². The summed E-state index contributed by atoms with van der Waals surface area (Å²) >= 11 is 0. The number of hydrogen-bond acceptors (Lipinski definition) is 0. The zero-order valence-electron chi connectivity index (χ0n) is 15.5. The van der Waals surface area contributed by atoms with Crippen molar-refractivity contribution < 1.29 is 0 Å². The molecule has 0 saturated heterocycles. The molecule has 2 aliphatic rings. The summed E-state index contributed by atoms with van der Waals surface area (Å²) in [4.78, 5) is 0. The molecule has 0 bridgehead atoms. The molecule has 0 fully saturated rings. The van der Waals surface area contributed by atoms with Gasteiger partial charge in [-0.15, -0.1) is 0 Å². The van der Waals surface area contributed by atoms with E-state index in [1.165, 1.54) is 54.9 Å². The van der Waals surface area contributed by atoms with Gasteiger partial charge in [-0.2, -0.15) is 0 Å². The SMILES string of the molecule is c1ccc2cc3c(cc2c1)Cc1c-3ccc2c1Cc1cc3ccccc3cc1-2. The van der Waals surface area contributed by atoms with Gasteiger partial charge in [0.1, 0.15) is 0 Å². The van der Waals surface area contributed by atoms with E-state index >= 15 is 0 Å². The van der Waals surface area contributed by atoms with Crippen molar-refractivity contribution in [1.29, 1.82) is 0 Å². The van der Waals surface area contributed by atoms with Crippen molar-refractivity contribution in [1.82, 2.24) is 0 Å². The van der Waals surface area contributed by atoms with Gasteiger partial charge in [0.15, 0.2) is 0 Å². The van der Waals surface area contributed by atoms with Crippen LogP contribution in [0.15, 0.2) is 84.9 Å². The molecule has 0 spiro atoms. The quantitative estimate of drug-likeness (QED) is 0.272. The van der Waals surface area contributed by atoms with Crippen molar-refractivity contribution in [2.75, 3.05) is 0 Å². The summed E-state index contributed by atoms with van der Waals surface area (Å²) in [6.07, 6.45) is 2.12. The van der Waals surface area contributed by atoms with Crippen molar-refractivity contribution in [3.63, 3.8) is 0 Å². The molecule has 0 nitrogen and oxygen atoms in total. The first-order chi connectivity index (χ1) is 13.8. The summed E-state index contributed by atoms with van der Waals surface area (Å²) in [5.74, 6) is 0. The van der Waals surface area contributed by atoms with E-state index in [2.05, 4.69) is 84.9 Å². The van der Waals surface area contributed by atoms with Gasteiger partial charge in [-0.25, -0.2) is 0 Å². The highest BCUT2D eigenvalue weighted by atomic mass is 14.3. The largest absolute Gasteiger partial charge is 0.0616 e. The first-order valence-electron chi connectivity index (χ1n) is 10.0. The van der Waals surface area contributed by atoms with Crippen LogP contribution >= 0.6 is 0 Å². The molecule has 0 heteroatoms. The molecular formula is C28H18. The summed E-state index contributed by atoms with van der Waals surface area (Å²) in [6.45, 7) is 0. The van der Waals surface area contributed by atoms with Crippen LogP contribution in [0.25, 0.3) is 43.8 Å². The Morgan fingerprint density at radius 3 is 1.21 bits per heavy atom. The highest BCUT2D eigenvalue weighted by molar-refractivity contribution is 5.96. The van der Waals surface area contributed by atoms with Crippen LogP contribution in [0.3, 0.4) is 0 Å². The average Bonchev–Trinajstić information content (AvgIpc) is 3.27. The van der Waals surface area contributed by atoms with Crippen molar-refractivity contribution in [2.45, 2.75) is 12.8 Å². The Morgan fingerprint density at radius 1 is 0.393 bits per heavy atom. The van der Waals surface area contributed by atoms with E-state index < -0.39 is 0 Å². The number of benzene rings is 5. The molecule has 0 radical (unpaired) electrons. The molecule has 28 heavy (non-hydrogen) atoms. The first kappa shape index (κ1) is 14.6. The Balaban J connectivity index is 1.45. The average molecular weight is 354 g/mol. The Bertz CT molecular complexity index is 1340. The third-order valence-electron chi connectivity index (χ3n) is 6.69. The minimum Gasteiger partial charge on any atom is -0.0616 e. The van der Waals surface area contributed by atoms with Crippen LogP contribution in [-0.2, 0) is 12.8 Å². The minimum atomic E-state index is 1.06. The van der Waals surface area contributed by atoms with E-state index in [0.29, 0.717) is 0 Å². The highest BCUT2D eigenvalue weighted by Gasteiger charge is 2.28. The summed E-state index contributed by atoms with van der Waals surface area (Å²) < 4.78 is 0. The fourth-order valence-electron chi connectivity index (χ4n) is 5.35. The Labute approximate surface area is 164 Å². The molecule has 0 unspecified atom stereocenters. The lowest BCUT2D eigenvalue weighted by Gasteiger charge is -2.08. The van der Waals surface area contributed by atoms with Crippen molar-refractivity contribution in [3.05, 3.63) is 107 Å². The molecule has 0 aromatic heterocycles. The summed E-state index contributed by atoms with van der Waals surface area (Å²) in [7, 11) is 0. The lowest BCUT2D eigenvalue weighted by Crippen LogP contribution is -1.90. The van der Waals surface area contributed by atoms with E-state index in [1.54, 1.807) is 11.1 Å². The Morgan fingerprint density at radius 2 is 0.786 bits per heavy atom. The maximum atomic E-state index is 2.40. The van der Waals surface area contributed by atoms with Gasteiger partial charge in [-0.3, -0.25) is 0 Å². The van der Waals surface area contributed by atoms with Gasteiger partial charge in [-0.05, 0) is 91.0 Å². The third-order valence-corrected chi connectivity index (χ3v) is 6.69. The number of fused-ring (bicyclic) bond motifs is 9. The molecule has 0 heterocycles. The van der Waals surface area contributed by atoms with E-state index in [0.717, 1.165) is 12.8 Å². The maximum absolute atomic E-state index is 2.40. The zero-order chi connectivity index (χ0) is 18.2. The Hall–Kier alpha value is -3.38. The van der Waals surface area contributed by atoms with E-state index in [-0.39, 0.29) is 0 Å². The smallest absolute Gasteiger partial charge is 0.00102 e. The van der Waals surface area contributed by atoms with Crippen molar-refractivity contribution >= 4 is 21.5 Å². The predicted molar refractivity (Wildman–Crippen MR) is 118 cm³/mol. The molecule has 0 amide bonds. The molecule has 0 saturated carbocycles. The molecule has 0 N–H and O–H groups in total. The van der Waals surface area contributed by atoms with Gasteiger partial charge in [0.05, 0.1) is 0 Å². The van der Waals surface area contributed by atoms with E-state index in [4.69, 9.17) is 0 Å². The standard InChI is InChI=1S/C28H18/c1-3-7-19-13-25-21(11-17(19)5-1)15-27-23(25)9-10-24-26-14-20-8-4-2-6-18(20)12-22(26)16-28(24)27/h1-14H,15-16H2. The van der Waals surface area contributed by atoms with Crippen molar-refractivity contribution in [2.24, 2.45) is 0 Å². The molecule has 2 aliphatic carbocycles. The zero-order valence-corrected chi connectivity index (χ0v) is 15.5. The van der Waals surface area contributed by atoms with Gasteiger partial charge in [0.25, 0.3) is 0 Å². The van der Waals surface area contributed by atoms with Crippen LogP contribution in [0.5, 0.6) is 0 Å². The molecule has 7 rings (SSSR count). The molecule has 0 atom stereocenters. The summed E-state index contributed by atoms with van der Waals surface area (Å²) in [5, 5.41) is 5.37. The van der Waals surface area contributed by atoms with E-state index in [1.807, 2.05) is 0 Å². The normalized spacial score (nSPS) is 13.4. The lowest BCUT2D eigenvalue weighted by atomic mass is 9.96. The second kappa shape index (κ2) is 5.11. The lowest BCUT2D eigenvalue weighted by molar-refractivity contribution is 1.17. The van der Waals surface area contributed by atoms with Crippen LogP contribution in [0.1, 0.15) is 22.3 Å². The molecule has 5 aromatic carbocycles. The second-order valence-electron chi connectivity index (χ2n) is 8.18. The van der Waals surface area contributed by atoms with Crippen molar-refractivity contribution in [3.8, 4) is 22.3 Å². The predicted octanol–water partition coefficient (Wildman–Crippen LogP) is 7.14. The number of hydrogen-bond donors (Lipinski definition) is 0. The van der Waals surface area contributed by atoms with Crippen LogP contribution in [0, 0.1) is 0 Å². The molecule has 5 aromatic rings. The topological polar surface area (TPSA) is 0 Å². The van der Waals surface area contributed by atoms with Crippen LogP contribution in [0.4, 0.5) is 0 Å². The second-order valence-corrected chi connectivity index (χ2v) is 8.18. The minimum absolute atomic E-state index is 1.06. The van der Waals surface area contributed by atoms with Gasteiger partial charge in [-0.1, -0.05) is 72.8 Å². The molecule has 130 valence electrons. The number of rotatable bonds is 0.